The van der Waals surface area contributed by atoms with E-state index in [1.807, 2.05) is 0 Å². The summed E-state index contributed by atoms with van der Waals surface area (Å²) in [5.41, 5.74) is 0. The van der Waals surface area contributed by atoms with Crippen LogP contribution in [0, 0.1) is 29.6 Å². The van der Waals surface area contributed by atoms with Crippen molar-refractivity contribution in [1.29, 1.82) is 0 Å². The fourth-order valence-corrected chi connectivity index (χ4v) is 4.84. The smallest absolute Gasteiger partial charge is 0.0357 e. The highest BCUT2D eigenvalue weighted by molar-refractivity contribution is 4.97. The van der Waals surface area contributed by atoms with E-state index in [0.29, 0.717) is 0 Å². The van der Waals surface area contributed by atoms with Gasteiger partial charge in [0.15, 0.2) is 0 Å². The minimum absolute atomic E-state index is 1.15. The van der Waals surface area contributed by atoms with Crippen molar-refractivity contribution in [3.63, 3.8) is 0 Å². The summed E-state index contributed by atoms with van der Waals surface area (Å²) >= 11 is 0. The van der Waals surface area contributed by atoms with E-state index in [-0.39, 0.29) is 0 Å². The highest BCUT2D eigenvalue weighted by Crippen LogP contribution is 2.57. The van der Waals surface area contributed by atoms with Crippen LogP contribution < -0.4 is 0 Å². The second-order valence-electron chi connectivity index (χ2n) is 5.88. The van der Waals surface area contributed by atoms with Crippen molar-refractivity contribution in [2.75, 3.05) is 0 Å². The Morgan fingerprint density at radius 1 is 0.846 bits per heavy atom. The third-order valence-corrected chi connectivity index (χ3v) is 5.04. The quantitative estimate of drug-likeness (QED) is 0.602. The molecule has 0 heterocycles. The fourth-order valence-electron chi connectivity index (χ4n) is 4.84. The zero-order valence-corrected chi connectivity index (χ0v) is 8.84. The van der Waals surface area contributed by atoms with Crippen LogP contribution in [-0.4, -0.2) is 0 Å². The van der Waals surface area contributed by atoms with Crippen LogP contribution in [-0.2, 0) is 0 Å². The lowest BCUT2D eigenvalue weighted by Gasteiger charge is -2.54. The van der Waals surface area contributed by atoms with Crippen LogP contribution in [0.25, 0.3) is 0 Å². The van der Waals surface area contributed by atoms with Crippen LogP contribution in [0.3, 0.4) is 0 Å². The van der Waals surface area contributed by atoms with E-state index in [0.717, 1.165) is 29.6 Å². The Balaban J connectivity index is 1.77. The molecule has 0 heteroatoms. The number of hydrogen-bond acceptors (Lipinski definition) is 0. The molecule has 0 atom stereocenters. The largest absolute Gasteiger partial charge is 0.0654 e. The highest BCUT2D eigenvalue weighted by atomic mass is 14.5. The van der Waals surface area contributed by atoms with E-state index < -0.39 is 0 Å². The zero-order valence-electron chi connectivity index (χ0n) is 8.84. The average Bonchev–Trinajstić information content (AvgIpc) is 2.10. The lowest BCUT2D eigenvalue weighted by Crippen LogP contribution is -2.44. The Morgan fingerprint density at radius 3 is 1.85 bits per heavy atom. The van der Waals surface area contributed by atoms with E-state index >= 15 is 0 Å². The zero-order chi connectivity index (χ0) is 8.84. The van der Waals surface area contributed by atoms with Gasteiger partial charge in [-0.05, 0) is 61.7 Å². The molecule has 0 amide bonds. The molecular formula is C13H22. The molecule has 4 aliphatic carbocycles. The molecule has 0 nitrogen and oxygen atoms in total. The molecular weight excluding hydrogens is 156 g/mol. The Bertz CT molecular complexity index is 166. The van der Waals surface area contributed by atoms with Gasteiger partial charge in [-0.25, -0.2) is 0 Å². The Morgan fingerprint density at radius 2 is 1.38 bits per heavy atom. The number of rotatable bonds is 2. The van der Waals surface area contributed by atoms with E-state index in [9.17, 15) is 0 Å². The Hall–Kier alpha value is 0. The van der Waals surface area contributed by atoms with Crippen molar-refractivity contribution in [3.8, 4) is 0 Å². The topological polar surface area (TPSA) is 0 Å². The van der Waals surface area contributed by atoms with Gasteiger partial charge >= 0.3 is 0 Å². The van der Waals surface area contributed by atoms with Crippen molar-refractivity contribution < 1.29 is 0 Å². The summed E-state index contributed by atoms with van der Waals surface area (Å²) in [6.45, 7) is 2.37. The molecule has 4 rings (SSSR count). The maximum Gasteiger partial charge on any atom is -0.0357 e. The average molecular weight is 178 g/mol. The Labute approximate surface area is 82.1 Å². The van der Waals surface area contributed by atoms with Crippen LogP contribution in [0.2, 0.25) is 0 Å². The van der Waals surface area contributed by atoms with Gasteiger partial charge in [-0.1, -0.05) is 19.8 Å². The summed E-state index contributed by atoms with van der Waals surface area (Å²) in [5, 5.41) is 0. The molecule has 0 spiro atoms. The van der Waals surface area contributed by atoms with Crippen LogP contribution in [0.1, 0.15) is 51.9 Å². The minimum Gasteiger partial charge on any atom is -0.0654 e. The molecule has 0 unspecified atom stereocenters. The molecule has 0 aromatic carbocycles. The molecule has 13 heavy (non-hydrogen) atoms. The summed E-state index contributed by atoms with van der Waals surface area (Å²) in [7, 11) is 0. The van der Waals surface area contributed by atoms with Gasteiger partial charge in [0.05, 0.1) is 0 Å². The molecule has 4 fully saturated rings. The third-order valence-electron chi connectivity index (χ3n) is 5.04. The number of hydrogen-bond donors (Lipinski definition) is 0. The third kappa shape index (κ3) is 1.25. The van der Waals surface area contributed by atoms with Crippen molar-refractivity contribution in [3.05, 3.63) is 0 Å². The van der Waals surface area contributed by atoms with Crippen LogP contribution in [0.4, 0.5) is 0 Å². The Kier molecular flexibility index (Phi) is 1.92. The molecule has 4 saturated carbocycles. The van der Waals surface area contributed by atoms with E-state index in [1.54, 1.807) is 32.1 Å². The molecule has 0 aliphatic heterocycles. The first-order valence-electron chi connectivity index (χ1n) is 6.36. The van der Waals surface area contributed by atoms with Gasteiger partial charge in [0.2, 0.25) is 0 Å². The molecule has 0 radical (unpaired) electrons. The molecule has 0 aromatic rings. The summed E-state index contributed by atoms with van der Waals surface area (Å²) < 4.78 is 0. The molecule has 0 saturated heterocycles. The van der Waals surface area contributed by atoms with Gasteiger partial charge in [0, 0.05) is 0 Å². The van der Waals surface area contributed by atoms with Gasteiger partial charge in [0.1, 0.15) is 0 Å². The molecule has 0 N–H and O–H groups in total. The predicted octanol–water partition coefficient (Wildman–Crippen LogP) is 3.86. The van der Waals surface area contributed by atoms with Gasteiger partial charge in [-0.15, -0.1) is 0 Å². The van der Waals surface area contributed by atoms with Gasteiger partial charge in [0.25, 0.3) is 0 Å². The normalized spacial score (nSPS) is 52.8. The fraction of sp³-hybridized carbons (Fsp3) is 1.00. The SMILES string of the molecule is CCCC1C2CC3CC(C2)CC1C3. The van der Waals surface area contributed by atoms with E-state index in [1.165, 1.54) is 12.8 Å². The van der Waals surface area contributed by atoms with Crippen LogP contribution >= 0.6 is 0 Å². The second kappa shape index (κ2) is 3.00. The highest BCUT2D eigenvalue weighted by Gasteiger charge is 2.47. The van der Waals surface area contributed by atoms with Crippen LogP contribution in [0.15, 0.2) is 0 Å². The maximum absolute atomic E-state index is 2.37. The first-order valence-corrected chi connectivity index (χ1v) is 6.36. The van der Waals surface area contributed by atoms with Crippen molar-refractivity contribution in [1.82, 2.24) is 0 Å². The summed E-state index contributed by atoms with van der Waals surface area (Å²) in [5.74, 6) is 5.80. The van der Waals surface area contributed by atoms with Crippen LogP contribution in [0.5, 0.6) is 0 Å². The molecule has 74 valence electrons. The summed E-state index contributed by atoms with van der Waals surface area (Å²) in [4.78, 5) is 0. The first kappa shape index (κ1) is 8.32. The van der Waals surface area contributed by atoms with E-state index in [4.69, 9.17) is 0 Å². The first-order chi connectivity index (χ1) is 6.36. The standard InChI is InChI=1S/C13H22/c1-2-3-13-11-5-9-4-10(7-11)8-12(13)6-9/h9-13H,2-8H2,1H3. The van der Waals surface area contributed by atoms with E-state index in [2.05, 4.69) is 6.92 Å². The lowest BCUT2D eigenvalue weighted by atomic mass is 9.51. The predicted molar refractivity (Wildman–Crippen MR) is 55.4 cm³/mol. The minimum atomic E-state index is 1.15. The second-order valence-corrected chi connectivity index (χ2v) is 5.88. The monoisotopic (exact) mass is 178 g/mol. The van der Waals surface area contributed by atoms with Crippen molar-refractivity contribution in [2.24, 2.45) is 29.6 Å². The lowest BCUT2D eigenvalue weighted by molar-refractivity contribution is -0.0398. The molecule has 4 bridgehead atoms. The molecule has 0 aromatic heterocycles. The molecule has 4 aliphatic rings. The maximum atomic E-state index is 2.37. The van der Waals surface area contributed by atoms with Crippen molar-refractivity contribution >= 4 is 0 Å². The van der Waals surface area contributed by atoms with Gasteiger partial charge in [-0.2, -0.15) is 0 Å². The van der Waals surface area contributed by atoms with Gasteiger partial charge in [-0.3, -0.25) is 0 Å². The summed E-state index contributed by atoms with van der Waals surface area (Å²) in [6, 6.07) is 0. The summed E-state index contributed by atoms with van der Waals surface area (Å²) in [6.07, 6.45) is 11.0. The van der Waals surface area contributed by atoms with Crippen molar-refractivity contribution in [2.45, 2.75) is 51.9 Å². The van der Waals surface area contributed by atoms with Gasteiger partial charge < -0.3 is 0 Å².